The minimum Gasteiger partial charge on any atom is -0.358 e. The summed E-state index contributed by atoms with van der Waals surface area (Å²) in [6, 6.07) is 1.27. The standard InChI is InChI=1S/C7H4Br2F2N2O2/c8-2-3-1-4(9)5(6(10)11)12-7(3)13(14)15/h1,6H,2H2. The summed E-state index contributed by atoms with van der Waals surface area (Å²) >= 11 is 5.91. The van der Waals surface area contributed by atoms with Gasteiger partial charge < -0.3 is 10.1 Å². The maximum atomic E-state index is 12.4. The van der Waals surface area contributed by atoms with Crippen LogP contribution in [0.2, 0.25) is 0 Å². The quantitative estimate of drug-likeness (QED) is 0.478. The van der Waals surface area contributed by atoms with Gasteiger partial charge in [0.2, 0.25) is 5.69 Å². The second kappa shape index (κ2) is 4.93. The zero-order valence-electron chi connectivity index (χ0n) is 7.08. The van der Waals surface area contributed by atoms with Crippen molar-refractivity contribution in [3.63, 3.8) is 0 Å². The first kappa shape index (κ1) is 12.4. The number of alkyl halides is 3. The normalized spacial score (nSPS) is 10.7. The number of rotatable bonds is 3. The number of nitro groups is 1. The first-order valence-corrected chi connectivity index (χ1v) is 5.56. The fourth-order valence-corrected chi connectivity index (χ4v) is 1.89. The van der Waals surface area contributed by atoms with Crippen LogP contribution in [-0.2, 0) is 5.33 Å². The summed E-state index contributed by atoms with van der Waals surface area (Å²) in [6.45, 7) is 0. The molecular weight excluding hydrogens is 342 g/mol. The van der Waals surface area contributed by atoms with Crippen molar-refractivity contribution in [1.82, 2.24) is 4.98 Å². The smallest absolute Gasteiger partial charge is 0.358 e. The summed E-state index contributed by atoms with van der Waals surface area (Å²) in [7, 11) is 0. The Morgan fingerprint density at radius 3 is 2.60 bits per heavy atom. The third-order valence-electron chi connectivity index (χ3n) is 1.58. The number of hydrogen-bond acceptors (Lipinski definition) is 3. The summed E-state index contributed by atoms with van der Waals surface area (Å²) in [5, 5.41) is 10.7. The molecule has 1 heterocycles. The highest BCUT2D eigenvalue weighted by Crippen LogP contribution is 2.31. The van der Waals surface area contributed by atoms with Crippen molar-refractivity contribution in [3.8, 4) is 0 Å². The lowest BCUT2D eigenvalue weighted by atomic mass is 10.2. The van der Waals surface area contributed by atoms with Crippen molar-refractivity contribution in [2.45, 2.75) is 11.8 Å². The van der Waals surface area contributed by atoms with Gasteiger partial charge in [-0.2, -0.15) is 0 Å². The predicted octanol–water partition coefficient (Wildman–Crippen LogP) is 3.58. The lowest BCUT2D eigenvalue weighted by Gasteiger charge is -2.02. The number of pyridine rings is 1. The molecule has 1 rings (SSSR count). The van der Waals surface area contributed by atoms with Crippen molar-refractivity contribution in [1.29, 1.82) is 0 Å². The third kappa shape index (κ3) is 2.69. The van der Waals surface area contributed by atoms with Gasteiger partial charge in [0, 0.05) is 5.33 Å². The van der Waals surface area contributed by atoms with Crippen molar-refractivity contribution in [2.24, 2.45) is 0 Å². The van der Waals surface area contributed by atoms with E-state index in [2.05, 4.69) is 36.8 Å². The van der Waals surface area contributed by atoms with E-state index in [1.54, 1.807) is 0 Å². The largest absolute Gasteiger partial charge is 0.368 e. The van der Waals surface area contributed by atoms with Gasteiger partial charge in [-0.1, -0.05) is 15.9 Å². The van der Waals surface area contributed by atoms with Gasteiger partial charge >= 0.3 is 12.2 Å². The Morgan fingerprint density at radius 1 is 1.60 bits per heavy atom. The van der Waals surface area contributed by atoms with Gasteiger partial charge in [0.15, 0.2) is 0 Å². The molecule has 0 aliphatic rings. The van der Waals surface area contributed by atoms with Crippen LogP contribution in [0.15, 0.2) is 10.5 Å². The van der Waals surface area contributed by atoms with E-state index in [0.29, 0.717) is 0 Å². The number of aromatic nitrogens is 1. The van der Waals surface area contributed by atoms with Gasteiger partial charge in [0.1, 0.15) is 0 Å². The molecule has 0 aliphatic carbocycles. The average Bonchev–Trinajstić information content (AvgIpc) is 2.16. The second-order valence-corrected chi connectivity index (χ2v) is 3.94. The van der Waals surface area contributed by atoms with Crippen molar-refractivity contribution >= 4 is 37.7 Å². The van der Waals surface area contributed by atoms with E-state index >= 15 is 0 Å². The molecule has 0 aliphatic heterocycles. The van der Waals surface area contributed by atoms with Crippen LogP contribution in [0.3, 0.4) is 0 Å². The maximum Gasteiger partial charge on any atom is 0.368 e. The molecule has 82 valence electrons. The fourth-order valence-electron chi connectivity index (χ4n) is 0.940. The van der Waals surface area contributed by atoms with Crippen molar-refractivity contribution < 1.29 is 13.7 Å². The van der Waals surface area contributed by atoms with E-state index in [9.17, 15) is 18.9 Å². The molecule has 0 aromatic carbocycles. The molecule has 0 saturated carbocycles. The summed E-state index contributed by atoms with van der Waals surface area (Å²) in [4.78, 5) is 13.1. The van der Waals surface area contributed by atoms with Gasteiger partial charge in [0.05, 0.1) is 10.0 Å². The van der Waals surface area contributed by atoms with Gasteiger partial charge in [-0.15, -0.1) is 0 Å². The molecule has 1 aromatic heterocycles. The topological polar surface area (TPSA) is 56.0 Å². The van der Waals surface area contributed by atoms with E-state index in [4.69, 9.17) is 0 Å². The van der Waals surface area contributed by atoms with Crippen LogP contribution in [0.1, 0.15) is 17.7 Å². The van der Waals surface area contributed by atoms with Gasteiger partial charge in [-0.3, -0.25) is 0 Å². The van der Waals surface area contributed by atoms with Crippen LogP contribution >= 0.6 is 31.9 Å². The number of halogens is 4. The Kier molecular flexibility index (Phi) is 4.09. The fraction of sp³-hybridized carbons (Fsp3) is 0.286. The average molecular weight is 346 g/mol. The van der Waals surface area contributed by atoms with Gasteiger partial charge in [-0.05, 0) is 31.9 Å². The van der Waals surface area contributed by atoms with Crippen LogP contribution in [0.5, 0.6) is 0 Å². The Balaban J connectivity index is 3.37. The molecule has 0 bridgehead atoms. The Hall–Kier alpha value is -0.630. The SMILES string of the molecule is O=[N+]([O-])c1nc(C(F)F)c(Br)cc1CBr. The molecule has 0 fully saturated rings. The molecule has 0 spiro atoms. The van der Waals surface area contributed by atoms with E-state index < -0.39 is 22.9 Å². The van der Waals surface area contributed by atoms with E-state index in [1.165, 1.54) is 6.07 Å². The first-order chi connectivity index (χ1) is 6.97. The zero-order valence-corrected chi connectivity index (χ0v) is 10.3. The highest BCUT2D eigenvalue weighted by molar-refractivity contribution is 9.10. The predicted molar refractivity (Wildman–Crippen MR) is 56.2 cm³/mol. The number of hydrogen-bond donors (Lipinski definition) is 0. The molecular formula is C7H4Br2F2N2O2. The monoisotopic (exact) mass is 344 g/mol. The van der Waals surface area contributed by atoms with Crippen LogP contribution in [0.4, 0.5) is 14.6 Å². The Morgan fingerprint density at radius 2 is 2.20 bits per heavy atom. The number of nitrogens with zero attached hydrogens (tertiary/aromatic N) is 2. The highest BCUT2D eigenvalue weighted by Gasteiger charge is 2.25. The summed E-state index contributed by atoms with van der Waals surface area (Å²) in [6.07, 6.45) is -2.84. The van der Waals surface area contributed by atoms with Crippen LogP contribution in [0, 0.1) is 10.1 Å². The molecule has 1 aromatic rings. The molecule has 0 unspecified atom stereocenters. The van der Waals surface area contributed by atoms with Crippen LogP contribution in [-0.4, -0.2) is 9.91 Å². The first-order valence-electron chi connectivity index (χ1n) is 3.65. The van der Waals surface area contributed by atoms with Gasteiger partial charge in [0.25, 0.3) is 0 Å². The minimum absolute atomic E-state index is 0.0672. The molecule has 0 atom stereocenters. The zero-order chi connectivity index (χ0) is 11.6. The summed E-state index contributed by atoms with van der Waals surface area (Å²) in [5.74, 6) is -0.551. The van der Waals surface area contributed by atoms with Crippen LogP contribution < -0.4 is 0 Å². The van der Waals surface area contributed by atoms with E-state index in [-0.39, 0.29) is 15.4 Å². The Bertz CT molecular complexity index is 401. The van der Waals surface area contributed by atoms with Gasteiger partial charge in [-0.25, -0.2) is 8.78 Å². The Labute approximate surface area is 100 Å². The molecule has 8 heteroatoms. The van der Waals surface area contributed by atoms with Crippen LogP contribution in [0.25, 0.3) is 0 Å². The van der Waals surface area contributed by atoms with Crippen molar-refractivity contribution in [2.75, 3.05) is 0 Å². The molecule has 15 heavy (non-hydrogen) atoms. The molecule has 0 amide bonds. The molecule has 0 radical (unpaired) electrons. The minimum atomic E-state index is -2.84. The molecule has 4 nitrogen and oxygen atoms in total. The maximum absolute atomic E-state index is 12.4. The highest BCUT2D eigenvalue weighted by atomic mass is 79.9. The molecule has 0 N–H and O–H groups in total. The van der Waals surface area contributed by atoms with E-state index in [1.807, 2.05) is 0 Å². The summed E-state index contributed by atoms with van der Waals surface area (Å²) in [5.41, 5.74) is -0.373. The van der Waals surface area contributed by atoms with Crippen molar-refractivity contribution in [3.05, 3.63) is 31.9 Å². The van der Waals surface area contributed by atoms with E-state index in [0.717, 1.165) is 0 Å². The molecule has 0 saturated heterocycles. The summed E-state index contributed by atoms with van der Waals surface area (Å²) < 4.78 is 24.8. The third-order valence-corrected chi connectivity index (χ3v) is 2.82. The second-order valence-electron chi connectivity index (χ2n) is 2.53. The lowest BCUT2D eigenvalue weighted by Crippen LogP contribution is -2.02. The lowest BCUT2D eigenvalue weighted by molar-refractivity contribution is -0.390.